The molecule has 1 amide bonds. The van der Waals surface area contributed by atoms with Gasteiger partial charge in [-0.05, 0) is 61.5 Å². The van der Waals surface area contributed by atoms with Crippen molar-refractivity contribution in [2.24, 2.45) is 7.05 Å². The minimum atomic E-state index is -0.152. The minimum absolute atomic E-state index is 0. The lowest BCUT2D eigenvalue weighted by Crippen LogP contribution is -2.11. The van der Waals surface area contributed by atoms with Gasteiger partial charge in [-0.3, -0.25) is 4.79 Å². The van der Waals surface area contributed by atoms with E-state index in [1.165, 1.54) is 0 Å². The third kappa shape index (κ3) is 3.55. The maximum Gasteiger partial charge on any atom is 0.257 e. The number of carbonyl (C=O) groups is 1. The first kappa shape index (κ1) is 18.6. The highest BCUT2D eigenvalue weighted by molar-refractivity contribution is 6.05. The number of carbonyl (C=O) groups excluding carboxylic acids is 1. The summed E-state index contributed by atoms with van der Waals surface area (Å²) in [5.41, 5.74) is 4.31. The summed E-state index contributed by atoms with van der Waals surface area (Å²) < 4.78 is 3.97. The molecule has 27 heavy (non-hydrogen) atoms. The molecule has 0 unspecified atom stereocenters. The monoisotopic (exact) mass is 381 g/mol. The Kier molecular flexibility index (Phi) is 4.97. The lowest BCUT2D eigenvalue weighted by atomic mass is 10.2. The lowest BCUT2D eigenvalue weighted by Gasteiger charge is -2.06. The summed E-state index contributed by atoms with van der Waals surface area (Å²) in [4.78, 5) is 12.6. The summed E-state index contributed by atoms with van der Waals surface area (Å²) >= 11 is 0. The molecule has 0 radical (unpaired) electrons. The number of halogens is 1. The Hall–Kier alpha value is -3.18. The summed E-state index contributed by atoms with van der Waals surface area (Å²) in [6, 6.07) is 16.6. The molecule has 2 N–H and O–H groups in total. The molecule has 2 aromatic carbocycles. The molecule has 0 spiro atoms. The van der Waals surface area contributed by atoms with E-state index in [0.29, 0.717) is 5.56 Å². The molecular formula is C21H20ClN3O2. The molecule has 0 saturated carbocycles. The zero-order valence-electron chi connectivity index (χ0n) is 15.0. The first-order chi connectivity index (χ1) is 12.5. The number of fused-ring (bicyclic) bond motifs is 1. The summed E-state index contributed by atoms with van der Waals surface area (Å²) in [7, 11) is 2.00. The van der Waals surface area contributed by atoms with Crippen molar-refractivity contribution in [3.63, 3.8) is 0 Å². The van der Waals surface area contributed by atoms with Crippen molar-refractivity contribution >= 4 is 34.9 Å². The van der Waals surface area contributed by atoms with Crippen LogP contribution in [0.2, 0.25) is 0 Å². The van der Waals surface area contributed by atoms with E-state index in [1.54, 1.807) is 18.3 Å². The molecule has 4 aromatic rings. The third-order valence-electron chi connectivity index (χ3n) is 4.55. The van der Waals surface area contributed by atoms with Crippen molar-refractivity contribution < 1.29 is 9.90 Å². The fourth-order valence-electron chi connectivity index (χ4n) is 3.15. The number of nitrogens with zero attached hydrogens (tertiary/aromatic N) is 2. The lowest BCUT2D eigenvalue weighted by molar-refractivity contribution is 0.102. The standard InChI is InChI=1S/C21H19N3O2.ClH/c1-14-11-16(13-24(14)18-4-6-19(25)7-5-18)21(26)22-17-3-8-20-15(12-17)9-10-23(20)2;/h3-13,25H,1-2H3,(H,22,26);1H. The largest absolute Gasteiger partial charge is 0.508 e. The van der Waals surface area contributed by atoms with Gasteiger partial charge >= 0.3 is 0 Å². The molecular weight excluding hydrogens is 362 g/mol. The van der Waals surface area contributed by atoms with Crippen molar-refractivity contribution in [3.05, 3.63) is 78.2 Å². The second-order valence-electron chi connectivity index (χ2n) is 6.41. The number of aromatic hydroxyl groups is 1. The van der Waals surface area contributed by atoms with Gasteiger partial charge in [-0.1, -0.05) is 0 Å². The molecule has 0 atom stereocenters. The highest BCUT2D eigenvalue weighted by Gasteiger charge is 2.12. The predicted molar refractivity (Wildman–Crippen MR) is 110 cm³/mol. The number of nitrogens with one attached hydrogen (secondary N) is 1. The average molecular weight is 382 g/mol. The Morgan fingerprint density at radius 3 is 2.52 bits per heavy atom. The number of aryl methyl sites for hydroxylation is 2. The fourth-order valence-corrected chi connectivity index (χ4v) is 3.15. The van der Waals surface area contributed by atoms with Crippen molar-refractivity contribution in [1.82, 2.24) is 9.13 Å². The van der Waals surface area contributed by atoms with Crippen LogP contribution in [0.3, 0.4) is 0 Å². The molecule has 2 aromatic heterocycles. The van der Waals surface area contributed by atoms with Crippen LogP contribution in [0.1, 0.15) is 16.1 Å². The predicted octanol–water partition coefficient (Wildman–Crippen LogP) is 4.66. The number of hydrogen-bond acceptors (Lipinski definition) is 2. The quantitative estimate of drug-likeness (QED) is 0.542. The van der Waals surface area contributed by atoms with Crippen LogP contribution in [0.25, 0.3) is 16.6 Å². The van der Waals surface area contributed by atoms with E-state index in [2.05, 4.69) is 5.32 Å². The molecule has 0 aliphatic rings. The Morgan fingerprint density at radius 1 is 1.04 bits per heavy atom. The van der Waals surface area contributed by atoms with Crippen LogP contribution < -0.4 is 5.32 Å². The fraction of sp³-hybridized carbons (Fsp3) is 0.0952. The first-order valence-electron chi connectivity index (χ1n) is 8.36. The molecule has 2 heterocycles. The van der Waals surface area contributed by atoms with Gasteiger partial charge in [0.2, 0.25) is 0 Å². The van der Waals surface area contributed by atoms with Crippen LogP contribution in [0.15, 0.2) is 67.0 Å². The van der Waals surface area contributed by atoms with E-state index in [-0.39, 0.29) is 24.1 Å². The minimum Gasteiger partial charge on any atom is -0.508 e. The second kappa shape index (κ2) is 7.21. The number of rotatable bonds is 3. The number of hydrogen-bond donors (Lipinski definition) is 2. The van der Waals surface area contributed by atoms with Crippen molar-refractivity contribution in [3.8, 4) is 11.4 Å². The van der Waals surface area contributed by atoms with Crippen LogP contribution in [0, 0.1) is 6.92 Å². The second-order valence-corrected chi connectivity index (χ2v) is 6.41. The molecule has 6 heteroatoms. The average Bonchev–Trinajstić information content (AvgIpc) is 3.19. The van der Waals surface area contributed by atoms with Gasteiger partial charge in [0.1, 0.15) is 5.75 Å². The molecule has 0 fully saturated rings. The highest BCUT2D eigenvalue weighted by atomic mass is 35.5. The van der Waals surface area contributed by atoms with Gasteiger partial charge in [0.25, 0.3) is 5.91 Å². The summed E-state index contributed by atoms with van der Waals surface area (Å²) in [6.07, 6.45) is 3.80. The number of phenolic OH excluding ortho intramolecular Hbond substituents is 1. The Balaban J connectivity index is 0.00000210. The molecule has 0 aliphatic heterocycles. The number of amides is 1. The van der Waals surface area contributed by atoms with E-state index >= 15 is 0 Å². The van der Waals surface area contributed by atoms with Gasteiger partial charge in [0.05, 0.1) is 5.56 Å². The normalized spacial score (nSPS) is 10.6. The maximum atomic E-state index is 12.6. The zero-order valence-corrected chi connectivity index (χ0v) is 15.8. The van der Waals surface area contributed by atoms with Crippen molar-refractivity contribution in [2.75, 3.05) is 5.32 Å². The Labute approximate surface area is 163 Å². The number of phenols is 1. The number of aromatic nitrogens is 2. The van der Waals surface area contributed by atoms with Crippen molar-refractivity contribution in [1.29, 1.82) is 0 Å². The Morgan fingerprint density at radius 2 is 1.78 bits per heavy atom. The third-order valence-corrected chi connectivity index (χ3v) is 4.55. The van der Waals surface area contributed by atoms with Gasteiger partial charge in [-0.15, -0.1) is 12.4 Å². The van der Waals surface area contributed by atoms with Gasteiger partial charge in [-0.2, -0.15) is 0 Å². The SMILES string of the molecule is Cc1cc(C(=O)Nc2ccc3c(ccn3C)c2)cn1-c1ccc(O)cc1.Cl. The van der Waals surface area contributed by atoms with Gasteiger partial charge in [-0.25, -0.2) is 0 Å². The smallest absolute Gasteiger partial charge is 0.257 e. The molecule has 4 rings (SSSR count). The van der Waals surface area contributed by atoms with E-state index in [1.807, 2.05) is 71.8 Å². The van der Waals surface area contributed by atoms with Crippen LogP contribution >= 0.6 is 12.4 Å². The van der Waals surface area contributed by atoms with E-state index in [9.17, 15) is 9.90 Å². The van der Waals surface area contributed by atoms with Crippen LogP contribution in [0.5, 0.6) is 5.75 Å². The molecule has 0 aliphatic carbocycles. The van der Waals surface area contributed by atoms with E-state index in [0.717, 1.165) is 28.0 Å². The number of benzene rings is 2. The summed E-state index contributed by atoms with van der Waals surface area (Å²) in [5, 5.41) is 13.5. The van der Waals surface area contributed by atoms with Crippen LogP contribution in [-0.2, 0) is 7.05 Å². The first-order valence-corrected chi connectivity index (χ1v) is 8.36. The van der Waals surface area contributed by atoms with Gasteiger partial charge in [0.15, 0.2) is 0 Å². The highest BCUT2D eigenvalue weighted by Crippen LogP contribution is 2.22. The van der Waals surface area contributed by atoms with Crippen molar-refractivity contribution in [2.45, 2.75) is 6.92 Å². The molecule has 0 saturated heterocycles. The van der Waals surface area contributed by atoms with Crippen LogP contribution in [0.4, 0.5) is 5.69 Å². The maximum absolute atomic E-state index is 12.6. The van der Waals surface area contributed by atoms with E-state index in [4.69, 9.17) is 0 Å². The topological polar surface area (TPSA) is 59.2 Å². The molecule has 0 bridgehead atoms. The van der Waals surface area contributed by atoms with E-state index < -0.39 is 0 Å². The zero-order chi connectivity index (χ0) is 18.3. The summed E-state index contributed by atoms with van der Waals surface area (Å²) in [6.45, 7) is 1.94. The summed E-state index contributed by atoms with van der Waals surface area (Å²) in [5.74, 6) is 0.0636. The molecule has 138 valence electrons. The van der Waals surface area contributed by atoms with Crippen LogP contribution in [-0.4, -0.2) is 20.1 Å². The molecule has 5 nitrogen and oxygen atoms in total. The number of anilines is 1. The van der Waals surface area contributed by atoms with Gasteiger partial charge < -0.3 is 19.6 Å². The Bertz CT molecular complexity index is 1110. The van der Waals surface area contributed by atoms with Gasteiger partial charge in [0, 0.05) is 47.4 Å².